The summed E-state index contributed by atoms with van der Waals surface area (Å²) < 4.78 is 7.97. The van der Waals surface area contributed by atoms with E-state index in [0.717, 1.165) is 36.8 Å². The third-order valence-electron chi connectivity index (χ3n) is 6.45. The van der Waals surface area contributed by atoms with Crippen LogP contribution in [0.3, 0.4) is 0 Å². The summed E-state index contributed by atoms with van der Waals surface area (Å²) in [6.07, 6.45) is 5.45. The second-order valence-electron chi connectivity index (χ2n) is 9.11. The lowest BCUT2D eigenvalue weighted by atomic mass is 9.86. The van der Waals surface area contributed by atoms with E-state index in [9.17, 15) is 10.1 Å². The first-order valence-electron chi connectivity index (χ1n) is 12.3. The van der Waals surface area contributed by atoms with Gasteiger partial charge >= 0.3 is 0 Å². The smallest absolute Gasteiger partial charge is 0.235 e. The van der Waals surface area contributed by atoms with E-state index in [2.05, 4.69) is 35.1 Å². The molecule has 0 fully saturated rings. The number of amides is 1. The number of allylic oxidation sites excluding steroid dienone is 1. The van der Waals surface area contributed by atoms with Crippen molar-refractivity contribution in [2.45, 2.75) is 64.3 Å². The number of rotatable bonds is 10. The zero-order chi connectivity index (χ0) is 26.5. The van der Waals surface area contributed by atoms with Gasteiger partial charge in [0, 0.05) is 11.4 Å². The second-order valence-corrected chi connectivity index (χ2v) is 11.6. The monoisotopic (exact) mass is 555 g/mol. The van der Waals surface area contributed by atoms with Crippen LogP contribution in [-0.4, -0.2) is 26.4 Å². The quantitative estimate of drug-likeness (QED) is 0.220. The van der Waals surface area contributed by atoms with Crippen LogP contribution < -0.4 is 10.1 Å². The van der Waals surface area contributed by atoms with E-state index in [4.69, 9.17) is 16.3 Å². The first-order valence-corrected chi connectivity index (χ1v) is 14.5. The summed E-state index contributed by atoms with van der Waals surface area (Å²) >= 11 is 9.13. The number of carbonyl (C=O) groups excluding carboxylic acids is 1. The van der Waals surface area contributed by atoms with E-state index < -0.39 is 6.10 Å². The number of nitrogens with zero attached hydrogens (tertiary/aromatic N) is 4. The molecule has 37 heavy (non-hydrogen) atoms. The Labute approximate surface area is 230 Å². The van der Waals surface area contributed by atoms with Crippen LogP contribution in [0.5, 0.6) is 5.75 Å². The largest absolute Gasteiger partial charge is 0.481 e. The number of aromatic nitrogens is 3. The summed E-state index contributed by atoms with van der Waals surface area (Å²) in [5.74, 6) is 1.80. The van der Waals surface area contributed by atoms with Gasteiger partial charge in [0.1, 0.15) is 16.8 Å². The SMILES string of the molecule is C=CCn1c(SCC(=O)Nc2sc3c(c2C#N)CCC(CC)C3)nnc1C(C)Oc1cc(C)ccc1Cl. The lowest BCUT2D eigenvalue weighted by Crippen LogP contribution is -2.15. The highest BCUT2D eigenvalue weighted by Crippen LogP contribution is 2.40. The third kappa shape index (κ3) is 6.20. The zero-order valence-corrected chi connectivity index (χ0v) is 23.6. The summed E-state index contributed by atoms with van der Waals surface area (Å²) in [6, 6.07) is 7.92. The van der Waals surface area contributed by atoms with Crippen molar-refractivity contribution in [3.63, 3.8) is 0 Å². The Morgan fingerprint density at radius 2 is 2.30 bits per heavy atom. The molecule has 1 amide bonds. The van der Waals surface area contributed by atoms with E-state index in [1.165, 1.54) is 16.6 Å². The summed E-state index contributed by atoms with van der Waals surface area (Å²) in [5, 5.41) is 23.1. The summed E-state index contributed by atoms with van der Waals surface area (Å²) in [4.78, 5) is 14.1. The van der Waals surface area contributed by atoms with Gasteiger partial charge in [-0.05, 0) is 62.3 Å². The molecule has 2 unspecified atom stereocenters. The van der Waals surface area contributed by atoms with Crippen LogP contribution in [0.25, 0.3) is 0 Å². The van der Waals surface area contributed by atoms with Gasteiger partial charge in [-0.2, -0.15) is 5.26 Å². The van der Waals surface area contributed by atoms with Crippen molar-refractivity contribution in [2.75, 3.05) is 11.1 Å². The van der Waals surface area contributed by atoms with Gasteiger partial charge < -0.3 is 10.1 Å². The summed E-state index contributed by atoms with van der Waals surface area (Å²) in [7, 11) is 0. The molecule has 1 N–H and O–H groups in total. The zero-order valence-electron chi connectivity index (χ0n) is 21.2. The minimum absolute atomic E-state index is 0.138. The van der Waals surface area contributed by atoms with E-state index in [1.807, 2.05) is 30.5 Å². The molecule has 2 heterocycles. The molecule has 0 saturated carbocycles. The Balaban J connectivity index is 1.44. The van der Waals surface area contributed by atoms with E-state index in [1.54, 1.807) is 23.5 Å². The van der Waals surface area contributed by atoms with Crippen molar-refractivity contribution in [2.24, 2.45) is 5.92 Å². The minimum atomic E-state index is -0.419. The van der Waals surface area contributed by atoms with Gasteiger partial charge in [-0.3, -0.25) is 9.36 Å². The Morgan fingerprint density at radius 1 is 1.49 bits per heavy atom. The first kappa shape index (κ1) is 27.2. The molecule has 7 nitrogen and oxygen atoms in total. The van der Waals surface area contributed by atoms with Crippen LogP contribution in [0.4, 0.5) is 5.00 Å². The standard InChI is InChI=1S/C27H30ClN5O2S2/c1-5-11-33-25(17(4)35-22-12-16(3)7-10-21(22)28)31-32-27(33)36-15-24(34)30-26-20(14-29)19-9-8-18(6-2)13-23(19)37-26/h5,7,10,12,17-18H,1,6,8-9,11,13,15H2,2-4H3,(H,30,34). The second kappa shape index (κ2) is 12.2. The number of halogens is 1. The maximum atomic E-state index is 12.9. The highest BCUT2D eigenvalue weighted by molar-refractivity contribution is 7.99. The fourth-order valence-electron chi connectivity index (χ4n) is 4.45. The van der Waals surface area contributed by atoms with Gasteiger partial charge in [-0.1, -0.05) is 48.8 Å². The number of benzene rings is 1. The van der Waals surface area contributed by atoms with Crippen molar-refractivity contribution >= 4 is 45.6 Å². The molecule has 0 aliphatic heterocycles. The Hall–Kier alpha value is -2.80. The van der Waals surface area contributed by atoms with E-state index >= 15 is 0 Å². The molecule has 0 radical (unpaired) electrons. The van der Waals surface area contributed by atoms with Crippen molar-refractivity contribution < 1.29 is 9.53 Å². The van der Waals surface area contributed by atoms with Gasteiger partial charge in [0.05, 0.1) is 16.3 Å². The first-order chi connectivity index (χ1) is 17.8. The molecular formula is C27H30ClN5O2S2. The predicted molar refractivity (Wildman–Crippen MR) is 150 cm³/mol. The number of thiophene rings is 1. The number of hydrogen-bond donors (Lipinski definition) is 1. The number of anilines is 1. The molecule has 2 atom stereocenters. The molecule has 3 aromatic rings. The van der Waals surface area contributed by atoms with Gasteiger partial charge in [0.2, 0.25) is 5.91 Å². The highest BCUT2D eigenvalue weighted by atomic mass is 35.5. The van der Waals surface area contributed by atoms with Crippen molar-refractivity contribution in [1.29, 1.82) is 5.26 Å². The fraction of sp³-hybridized carbons (Fsp3) is 0.407. The van der Waals surface area contributed by atoms with Gasteiger partial charge in [0.15, 0.2) is 17.1 Å². The number of nitriles is 1. The van der Waals surface area contributed by atoms with Crippen LogP contribution in [0, 0.1) is 24.2 Å². The summed E-state index contributed by atoms with van der Waals surface area (Å²) in [6.45, 7) is 10.4. The van der Waals surface area contributed by atoms with Crippen LogP contribution >= 0.6 is 34.7 Å². The molecule has 194 valence electrons. The van der Waals surface area contributed by atoms with Crippen LogP contribution in [0.1, 0.15) is 60.2 Å². The maximum absolute atomic E-state index is 12.9. The number of fused-ring (bicyclic) bond motifs is 1. The number of nitrogens with one attached hydrogen (secondary N) is 1. The van der Waals surface area contributed by atoms with Crippen LogP contribution in [0.2, 0.25) is 5.02 Å². The lowest BCUT2D eigenvalue weighted by molar-refractivity contribution is -0.113. The average Bonchev–Trinajstić information content (AvgIpc) is 3.44. The predicted octanol–water partition coefficient (Wildman–Crippen LogP) is 6.74. The van der Waals surface area contributed by atoms with Gasteiger partial charge in [0.25, 0.3) is 0 Å². The lowest BCUT2D eigenvalue weighted by Gasteiger charge is -2.20. The number of hydrogen-bond acceptors (Lipinski definition) is 7. The molecule has 4 rings (SSSR count). The number of carbonyl (C=O) groups is 1. The molecule has 0 saturated heterocycles. The third-order valence-corrected chi connectivity index (χ3v) is 8.90. The minimum Gasteiger partial charge on any atom is -0.481 e. The van der Waals surface area contributed by atoms with Gasteiger partial charge in [-0.15, -0.1) is 28.1 Å². The van der Waals surface area contributed by atoms with Crippen molar-refractivity contribution in [3.05, 3.63) is 63.3 Å². The number of thioether (sulfide) groups is 1. The van der Waals surface area contributed by atoms with E-state index in [-0.39, 0.29) is 11.7 Å². The Bertz CT molecular complexity index is 1340. The molecule has 2 aromatic heterocycles. The van der Waals surface area contributed by atoms with Crippen molar-refractivity contribution in [1.82, 2.24) is 14.8 Å². The van der Waals surface area contributed by atoms with Crippen LogP contribution in [0.15, 0.2) is 36.0 Å². The topological polar surface area (TPSA) is 92.8 Å². The summed E-state index contributed by atoms with van der Waals surface area (Å²) in [5.41, 5.74) is 2.77. The molecule has 0 bridgehead atoms. The molecule has 1 aliphatic rings. The van der Waals surface area contributed by atoms with E-state index in [0.29, 0.717) is 44.8 Å². The fourth-order valence-corrected chi connectivity index (χ4v) is 6.70. The number of aryl methyl sites for hydroxylation is 1. The van der Waals surface area contributed by atoms with Crippen molar-refractivity contribution in [3.8, 4) is 11.8 Å². The molecule has 1 aliphatic carbocycles. The maximum Gasteiger partial charge on any atom is 0.235 e. The molecule has 0 spiro atoms. The van der Waals surface area contributed by atoms with Gasteiger partial charge in [-0.25, -0.2) is 0 Å². The van der Waals surface area contributed by atoms with Crippen LogP contribution in [-0.2, 0) is 24.2 Å². The molecular weight excluding hydrogens is 526 g/mol. The normalized spacial score (nSPS) is 15.5. The Kier molecular flexibility index (Phi) is 8.95. The highest BCUT2D eigenvalue weighted by Gasteiger charge is 2.26. The molecule has 1 aromatic carbocycles. The average molecular weight is 556 g/mol. The number of ether oxygens (including phenoxy) is 1. The molecule has 10 heteroatoms. The Morgan fingerprint density at radius 3 is 3.03 bits per heavy atom.